The van der Waals surface area contributed by atoms with E-state index >= 15 is 0 Å². The number of carbonyl (C=O) groups excluding carboxylic acids is 1. The molecule has 0 bridgehead atoms. The lowest BCUT2D eigenvalue weighted by atomic mass is 9.76. The molecule has 14 heavy (non-hydrogen) atoms. The molecule has 80 valence electrons. The van der Waals surface area contributed by atoms with Gasteiger partial charge in [0.2, 0.25) is 5.78 Å². The van der Waals surface area contributed by atoms with Crippen LogP contribution in [0.5, 0.6) is 0 Å². The van der Waals surface area contributed by atoms with E-state index in [1.165, 1.54) is 0 Å². The Morgan fingerprint density at radius 2 is 1.57 bits per heavy atom. The highest BCUT2D eigenvalue weighted by atomic mass is 16.4. The molecular weight excluding hydrogens is 188 g/mol. The number of hydrogen-bond donors (Lipinski definition) is 2. The predicted molar refractivity (Wildman–Crippen MR) is 47.8 cm³/mol. The lowest BCUT2D eigenvalue weighted by Gasteiger charge is -2.26. The number of carbonyl (C=O) groups is 3. The van der Waals surface area contributed by atoms with E-state index in [0.29, 0.717) is 0 Å². The first-order valence-corrected chi connectivity index (χ1v) is 4.15. The Morgan fingerprint density at radius 3 is 1.79 bits per heavy atom. The van der Waals surface area contributed by atoms with Gasteiger partial charge in [-0.2, -0.15) is 0 Å². The molecule has 0 saturated heterocycles. The van der Waals surface area contributed by atoms with Crippen LogP contribution in [0.1, 0.15) is 27.2 Å². The molecule has 0 amide bonds. The van der Waals surface area contributed by atoms with Crippen LogP contribution < -0.4 is 0 Å². The van der Waals surface area contributed by atoms with Crippen LogP contribution in [0.3, 0.4) is 0 Å². The van der Waals surface area contributed by atoms with Crippen LogP contribution >= 0.6 is 0 Å². The molecule has 0 spiro atoms. The van der Waals surface area contributed by atoms with Gasteiger partial charge >= 0.3 is 11.9 Å². The topological polar surface area (TPSA) is 91.7 Å². The molecule has 0 aromatic rings. The summed E-state index contributed by atoms with van der Waals surface area (Å²) in [7, 11) is 0. The predicted octanol–water partition coefficient (Wildman–Crippen LogP) is 0.777. The highest BCUT2D eigenvalue weighted by Crippen LogP contribution is 2.29. The van der Waals surface area contributed by atoms with Gasteiger partial charge in [-0.3, -0.25) is 9.59 Å². The molecule has 0 saturated carbocycles. The van der Waals surface area contributed by atoms with Gasteiger partial charge in [0.25, 0.3) is 0 Å². The van der Waals surface area contributed by atoms with Crippen molar-refractivity contribution in [3.05, 3.63) is 0 Å². The van der Waals surface area contributed by atoms with Gasteiger partial charge in [-0.1, -0.05) is 20.8 Å². The summed E-state index contributed by atoms with van der Waals surface area (Å²) in [5.74, 6) is -4.77. The van der Waals surface area contributed by atoms with Crippen molar-refractivity contribution >= 4 is 17.7 Å². The van der Waals surface area contributed by atoms with Gasteiger partial charge in [0, 0.05) is 5.92 Å². The third-order valence-corrected chi connectivity index (χ3v) is 1.95. The Labute approximate surface area is 81.7 Å². The second-order valence-corrected chi connectivity index (χ2v) is 4.19. The highest BCUT2D eigenvalue weighted by Gasteiger charge is 2.36. The zero-order valence-corrected chi connectivity index (χ0v) is 8.40. The maximum absolute atomic E-state index is 11.2. The average Bonchev–Trinajstić information content (AvgIpc) is 1.96. The first kappa shape index (κ1) is 12.6. The molecule has 1 unspecified atom stereocenters. The number of rotatable bonds is 4. The molecule has 5 heteroatoms. The Morgan fingerprint density at radius 1 is 1.14 bits per heavy atom. The summed E-state index contributed by atoms with van der Waals surface area (Å²) >= 11 is 0. The van der Waals surface area contributed by atoms with E-state index in [9.17, 15) is 14.4 Å². The van der Waals surface area contributed by atoms with Gasteiger partial charge in [0.15, 0.2) is 0 Å². The number of carboxylic acids is 2. The normalized spacial score (nSPS) is 13.4. The number of aliphatic carboxylic acids is 2. The molecule has 1 atom stereocenters. The van der Waals surface area contributed by atoms with E-state index in [1.54, 1.807) is 20.8 Å². The van der Waals surface area contributed by atoms with Crippen LogP contribution in [0.15, 0.2) is 0 Å². The summed E-state index contributed by atoms with van der Waals surface area (Å²) in [6, 6.07) is 0. The number of Topliss-reactive ketones (excluding diaryl/α,β-unsaturated/α-hetero) is 1. The Kier molecular flexibility index (Phi) is 3.80. The van der Waals surface area contributed by atoms with Crippen LogP contribution in [0.4, 0.5) is 0 Å². The van der Waals surface area contributed by atoms with E-state index in [0.717, 1.165) is 0 Å². The molecule has 0 aromatic heterocycles. The standard InChI is InChI=1S/C9H14O5/c1-9(2,3)5(4-6(10)11)7(12)8(13)14/h5H,4H2,1-3H3,(H,10,11)(H,13,14). The van der Waals surface area contributed by atoms with Gasteiger partial charge in [-0.15, -0.1) is 0 Å². The second kappa shape index (κ2) is 4.21. The van der Waals surface area contributed by atoms with Crippen molar-refractivity contribution in [1.29, 1.82) is 0 Å². The molecule has 0 heterocycles. The first-order chi connectivity index (χ1) is 6.16. The molecule has 0 aromatic carbocycles. The molecular formula is C9H14O5. The Balaban J connectivity index is 4.82. The molecule has 0 fully saturated rings. The van der Waals surface area contributed by atoms with Gasteiger partial charge < -0.3 is 10.2 Å². The lowest BCUT2D eigenvalue weighted by Crippen LogP contribution is -2.35. The minimum absolute atomic E-state index is 0.450. The summed E-state index contributed by atoms with van der Waals surface area (Å²) in [5.41, 5.74) is -0.659. The second-order valence-electron chi connectivity index (χ2n) is 4.19. The largest absolute Gasteiger partial charge is 0.481 e. The smallest absolute Gasteiger partial charge is 0.372 e. The molecule has 0 rings (SSSR count). The zero-order valence-electron chi connectivity index (χ0n) is 8.40. The van der Waals surface area contributed by atoms with Crippen LogP contribution in [0.2, 0.25) is 0 Å². The molecule has 2 N–H and O–H groups in total. The Hall–Kier alpha value is -1.39. The average molecular weight is 202 g/mol. The molecule has 0 aliphatic heterocycles. The number of ketones is 1. The Bertz CT molecular complexity index is 261. The van der Waals surface area contributed by atoms with Crippen molar-refractivity contribution in [2.24, 2.45) is 11.3 Å². The SMILES string of the molecule is CC(C)(C)C(CC(=O)O)C(=O)C(=O)O. The molecule has 0 aliphatic rings. The molecule has 5 nitrogen and oxygen atoms in total. The van der Waals surface area contributed by atoms with Gasteiger partial charge in [-0.05, 0) is 5.41 Å². The summed E-state index contributed by atoms with van der Waals surface area (Å²) in [4.78, 5) is 32.0. The van der Waals surface area contributed by atoms with E-state index in [1.807, 2.05) is 0 Å². The van der Waals surface area contributed by atoms with Crippen molar-refractivity contribution in [1.82, 2.24) is 0 Å². The quantitative estimate of drug-likeness (QED) is 0.657. The van der Waals surface area contributed by atoms with Gasteiger partial charge in [-0.25, -0.2) is 4.79 Å². The van der Waals surface area contributed by atoms with Crippen molar-refractivity contribution in [2.45, 2.75) is 27.2 Å². The van der Waals surface area contributed by atoms with Crippen molar-refractivity contribution in [2.75, 3.05) is 0 Å². The monoisotopic (exact) mass is 202 g/mol. The van der Waals surface area contributed by atoms with E-state index in [2.05, 4.69) is 0 Å². The maximum Gasteiger partial charge on any atom is 0.372 e. The van der Waals surface area contributed by atoms with Gasteiger partial charge in [0.1, 0.15) is 0 Å². The van der Waals surface area contributed by atoms with E-state index < -0.39 is 35.5 Å². The van der Waals surface area contributed by atoms with Crippen LogP contribution in [0, 0.1) is 11.3 Å². The third kappa shape index (κ3) is 3.55. The minimum atomic E-state index is -1.58. The fraction of sp³-hybridized carbons (Fsp3) is 0.667. The van der Waals surface area contributed by atoms with E-state index in [-0.39, 0.29) is 0 Å². The van der Waals surface area contributed by atoms with Crippen LogP contribution in [-0.4, -0.2) is 27.9 Å². The summed E-state index contributed by atoms with van der Waals surface area (Å²) in [6.07, 6.45) is -0.450. The number of hydrogen-bond acceptors (Lipinski definition) is 3. The first-order valence-electron chi connectivity index (χ1n) is 4.15. The molecule has 0 radical (unpaired) electrons. The molecule has 0 aliphatic carbocycles. The van der Waals surface area contributed by atoms with Crippen molar-refractivity contribution in [3.63, 3.8) is 0 Å². The van der Waals surface area contributed by atoms with Crippen LogP contribution in [0.25, 0.3) is 0 Å². The van der Waals surface area contributed by atoms with Gasteiger partial charge in [0.05, 0.1) is 6.42 Å². The van der Waals surface area contributed by atoms with Crippen molar-refractivity contribution < 1.29 is 24.6 Å². The van der Waals surface area contributed by atoms with Crippen molar-refractivity contribution in [3.8, 4) is 0 Å². The maximum atomic E-state index is 11.2. The third-order valence-electron chi connectivity index (χ3n) is 1.95. The fourth-order valence-electron chi connectivity index (χ4n) is 1.12. The summed E-state index contributed by atoms with van der Waals surface area (Å²) in [5, 5.41) is 17.0. The zero-order chi connectivity index (χ0) is 11.5. The highest BCUT2D eigenvalue weighted by molar-refractivity contribution is 6.34. The lowest BCUT2D eigenvalue weighted by molar-refractivity contribution is -0.154. The summed E-state index contributed by atoms with van der Waals surface area (Å²) < 4.78 is 0. The number of carboxylic acid groups (broad SMARTS) is 2. The minimum Gasteiger partial charge on any atom is -0.481 e. The fourth-order valence-corrected chi connectivity index (χ4v) is 1.12. The van der Waals surface area contributed by atoms with Crippen LogP contribution in [-0.2, 0) is 14.4 Å². The van der Waals surface area contributed by atoms with E-state index in [4.69, 9.17) is 10.2 Å². The summed E-state index contributed by atoms with van der Waals surface area (Å²) in [6.45, 7) is 4.92.